The fourth-order valence-corrected chi connectivity index (χ4v) is 3.53. The van der Waals surface area contributed by atoms with Crippen molar-refractivity contribution >= 4 is 29.1 Å². The minimum atomic E-state index is -0.0219. The molecular weight excluding hydrogens is 357 g/mol. The van der Waals surface area contributed by atoms with E-state index in [4.69, 9.17) is 23.2 Å². The maximum atomic E-state index is 12.8. The highest BCUT2D eigenvalue weighted by atomic mass is 35.5. The highest BCUT2D eigenvalue weighted by Crippen LogP contribution is 2.30. The van der Waals surface area contributed by atoms with Crippen LogP contribution in [0, 0.1) is 0 Å². The maximum absolute atomic E-state index is 12.8. The van der Waals surface area contributed by atoms with Gasteiger partial charge in [0.15, 0.2) is 0 Å². The molecule has 1 aromatic heterocycles. The number of aromatic amines is 1. The van der Waals surface area contributed by atoms with Crippen molar-refractivity contribution in [1.29, 1.82) is 0 Å². The van der Waals surface area contributed by atoms with Crippen molar-refractivity contribution in [2.75, 3.05) is 6.54 Å². The second-order valence-corrected chi connectivity index (χ2v) is 6.90. The van der Waals surface area contributed by atoms with Gasteiger partial charge in [-0.15, -0.1) is 0 Å². The number of benzene rings is 2. The molecule has 3 aromatic rings. The summed E-state index contributed by atoms with van der Waals surface area (Å²) in [6, 6.07) is 14.6. The van der Waals surface area contributed by atoms with Crippen molar-refractivity contribution in [2.45, 2.75) is 13.0 Å². The van der Waals surface area contributed by atoms with Gasteiger partial charge in [-0.2, -0.15) is 5.10 Å². The molecule has 0 bridgehead atoms. The zero-order valence-electron chi connectivity index (χ0n) is 13.3. The fourth-order valence-electron chi connectivity index (χ4n) is 3.15. The van der Waals surface area contributed by atoms with Crippen molar-refractivity contribution in [2.24, 2.45) is 0 Å². The van der Waals surface area contributed by atoms with E-state index < -0.39 is 0 Å². The molecular formula is C19H15Cl2N3O. The van der Waals surface area contributed by atoms with Crippen LogP contribution in [-0.4, -0.2) is 27.5 Å². The zero-order valence-corrected chi connectivity index (χ0v) is 14.8. The first-order chi connectivity index (χ1) is 12.1. The van der Waals surface area contributed by atoms with Crippen molar-refractivity contribution in [1.82, 2.24) is 15.1 Å². The van der Waals surface area contributed by atoms with Crippen molar-refractivity contribution in [3.8, 4) is 11.3 Å². The van der Waals surface area contributed by atoms with Crippen LogP contribution in [0.5, 0.6) is 0 Å². The van der Waals surface area contributed by atoms with E-state index in [9.17, 15) is 4.79 Å². The van der Waals surface area contributed by atoms with Gasteiger partial charge in [0.1, 0.15) is 0 Å². The van der Waals surface area contributed by atoms with E-state index in [0.717, 1.165) is 28.9 Å². The van der Waals surface area contributed by atoms with Gasteiger partial charge in [0, 0.05) is 51.9 Å². The predicted octanol–water partition coefficient (Wildman–Crippen LogP) is 4.58. The molecule has 0 saturated heterocycles. The molecule has 1 amide bonds. The molecule has 1 aliphatic heterocycles. The Kier molecular flexibility index (Phi) is 4.24. The van der Waals surface area contributed by atoms with E-state index in [1.165, 1.54) is 0 Å². The van der Waals surface area contributed by atoms with E-state index >= 15 is 0 Å². The monoisotopic (exact) mass is 371 g/mol. The number of aromatic nitrogens is 2. The van der Waals surface area contributed by atoms with E-state index in [0.29, 0.717) is 28.7 Å². The summed E-state index contributed by atoms with van der Waals surface area (Å²) in [7, 11) is 0. The molecule has 25 heavy (non-hydrogen) atoms. The third-order valence-electron chi connectivity index (χ3n) is 4.39. The Morgan fingerprint density at radius 1 is 1.08 bits per heavy atom. The number of carbonyl (C=O) groups is 1. The number of H-pyrrole nitrogens is 1. The SMILES string of the molecule is O=C(c1cccc(Cl)c1)N1CCc2[nH]nc(-c3cccc(Cl)c3)c2C1. The maximum Gasteiger partial charge on any atom is 0.254 e. The van der Waals surface area contributed by atoms with Crippen LogP contribution in [0.4, 0.5) is 0 Å². The summed E-state index contributed by atoms with van der Waals surface area (Å²) in [6.45, 7) is 1.16. The van der Waals surface area contributed by atoms with E-state index in [2.05, 4.69) is 10.2 Å². The number of amides is 1. The molecule has 0 spiro atoms. The molecule has 1 aliphatic rings. The smallest absolute Gasteiger partial charge is 0.254 e. The summed E-state index contributed by atoms with van der Waals surface area (Å²) in [5, 5.41) is 8.77. The lowest BCUT2D eigenvalue weighted by Crippen LogP contribution is -2.35. The minimum absolute atomic E-state index is 0.0219. The van der Waals surface area contributed by atoms with Crippen LogP contribution in [0.25, 0.3) is 11.3 Å². The average molecular weight is 372 g/mol. The topological polar surface area (TPSA) is 49.0 Å². The Morgan fingerprint density at radius 2 is 1.84 bits per heavy atom. The summed E-state index contributed by atoms with van der Waals surface area (Å²) in [5.41, 5.74) is 4.51. The molecule has 0 unspecified atom stereocenters. The summed E-state index contributed by atoms with van der Waals surface area (Å²) in [6.07, 6.45) is 0.745. The number of rotatable bonds is 2. The van der Waals surface area contributed by atoms with Crippen molar-refractivity contribution in [3.63, 3.8) is 0 Å². The van der Waals surface area contributed by atoms with Gasteiger partial charge in [-0.05, 0) is 30.3 Å². The fraction of sp³-hybridized carbons (Fsp3) is 0.158. The Hall–Kier alpha value is -2.30. The molecule has 126 valence electrons. The Morgan fingerprint density at radius 3 is 2.60 bits per heavy atom. The molecule has 0 aliphatic carbocycles. The molecule has 0 radical (unpaired) electrons. The summed E-state index contributed by atoms with van der Waals surface area (Å²) in [4.78, 5) is 14.6. The van der Waals surface area contributed by atoms with Gasteiger partial charge in [-0.25, -0.2) is 0 Å². The largest absolute Gasteiger partial charge is 0.334 e. The molecule has 0 saturated carbocycles. The molecule has 2 aromatic carbocycles. The van der Waals surface area contributed by atoms with Crippen LogP contribution in [0.3, 0.4) is 0 Å². The predicted molar refractivity (Wildman–Crippen MR) is 98.9 cm³/mol. The molecule has 4 nitrogen and oxygen atoms in total. The quantitative estimate of drug-likeness (QED) is 0.716. The van der Waals surface area contributed by atoms with Gasteiger partial charge >= 0.3 is 0 Å². The lowest BCUT2D eigenvalue weighted by Gasteiger charge is -2.27. The lowest BCUT2D eigenvalue weighted by molar-refractivity contribution is 0.0734. The first-order valence-corrected chi connectivity index (χ1v) is 8.74. The van der Waals surface area contributed by atoms with Crippen LogP contribution < -0.4 is 0 Å². The number of nitrogens with zero attached hydrogens (tertiary/aromatic N) is 2. The standard InChI is InChI=1S/C19H15Cl2N3O/c20-14-5-1-3-12(9-14)18-16-11-24(8-7-17(16)22-23-18)19(25)13-4-2-6-15(21)10-13/h1-6,9-10H,7-8,11H2,(H,22,23). The molecule has 4 rings (SSSR count). The molecule has 1 N–H and O–H groups in total. The molecule has 6 heteroatoms. The van der Waals surface area contributed by atoms with Gasteiger partial charge in [0.25, 0.3) is 5.91 Å². The van der Waals surface area contributed by atoms with Gasteiger partial charge in [-0.1, -0.05) is 41.4 Å². The third kappa shape index (κ3) is 3.15. The zero-order chi connectivity index (χ0) is 17.4. The number of hydrogen-bond donors (Lipinski definition) is 1. The second kappa shape index (κ2) is 6.54. The number of hydrogen-bond acceptors (Lipinski definition) is 2. The van der Waals surface area contributed by atoms with Crippen LogP contribution in [0.2, 0.25) is 10.0 Å². The van der Waals surface area contributed by atoms with Crippen molar-refractivity contribution < 1.29 is 4.79 Å². The summed E-state index contributed by atoms with van der Waals surface area (Å²) >= 11 is 12.1. The van der Waals surface area contributed by atoms with Crippen LogP contribution in [0.1, 0.15) is 21.6 Å². The average Bonchev–Trinajstić information content (AvgIpc) is 3.04. The van der Waals surface area contributed by atoms with E-state index in [1.807, 2.05) is 29.2 Å². The highest BCUT2D eigenvalue weighted by Gasteiger charge is 2.26. The number of halogens is 2. The Balaban J connectivity index is 1.65. The first-order valence-electron chi connectivity index (χ1n) is 7.99. The summed E-state index contributed by atoms with van der Waals surface area (Å²) in [5.74, 6) is -0.0219. The van der Waals surface area contributed by atoms with Crippen molar-refractivity contribution in [3.05, 3.63) is 75.4 Å². The third-order valence-corrected chi connectivity index (χ3v) is 4.86. The first kappa shape index (κ1) is 16.2. The Bertz CT molecular complexity index is 951. The van der Waals surface area contributed by atoms with E-state index in [1.54, 1.807) is 24.3 Å². The van der Waals surface area contributed by atoms with Crippen LogP contribution >= 0.6 is 23.2 Å². The molecule has 2 heterocycles. The molecule has 0 fully saturated rings. The summed E-state index contributed by atoms with van der Waals surface area (Å²) < 4.78 is 0. The lowest BCUT2D eigenvalue weighted by atomic mass is 10.0. The molecule has 0 atom stereocenters. The van der Waals surface area contributed by atoms with Crippen LogP contribution in [0.15, 0.2) is 48.5 Å². The van der Waals surface area contributed by atoms with Crippen LogP contribution in [-0.2, 0) is 13.0 Å². The Labute approximate surface area is 155 Å². The number of carbonyl (C=O) groups excluding carboxylic acids is 1. The van der Waals surface area contributed by atoms with Gasteiger partial charge in [-0.3, -0.25) is 9.89 Å². The number of nitrogens with one attached hydrogen (secondary N) is 1. The van der Waals surface area contributed by atoms with Gasteiger partial charge in [0.2, 0.25) is 0 Å². The second-order valence-electron chi connectivity index (χ2n) is 6.03. The van der Waals surface area contributed by atoms with Gasteiger partial charge in [0.05, 0.1) is 5.69 Å². The normalized spacial score (nSPS) is 13.6. The number of fused-ring (bicyclic) bond motifs is 1. The minimum Gasteiger partial charge on any atom is -0.334 e. The van der Waals surface area contributed by atoms with E-state index in [-0.39, 0.29) is 5.91 Å². The highest BCUT2D eigenvalue weighted by molar-refractivity contribution is 6.31. The van der Waals surface area contributed by atoms with Gasteiger partial charge < -0.3 is 4.90 Å².